The number of aryl methyl sites for hydroxylation is 1. The summed E-state index contributed by atoms with van der Waals surface area (Å²) in [6.45, 7) is 0. The van der Waals surface area contributed by atoms with Gasteiger partial charge in [-0.05, 0) is 42.5 Å². The van der Waals surface area contributed by atoms with Crippen LogP contribution in [-0.4, -0.2) is 26.9 Å². The highest BCUT2D eigenvalue weighted by molar-refractivity contribution is 6.02. The molecule has 3 heterocycles. The number of carbonyl (C=O) groups excluding carboxylic acids is 2. The zero-order valence-corrected chi connectivity index (χ0v) is 17.3. The van der Waals surface area contributed by atoms with Gasteiger partial charge in [-0.3, -0.25) is 14.6 Å². The molecular formula is C22H16F3N5O4. The molecule has 0 aliphatic carbocycles. The fourth-order valence-electron chi connectivity index (χ4n) is 2.97. The third-order valence-corrected chi connectivity index (χ3v) is 4.56. The van der Waals surface area contributed by atoms with E-state index in [-0.39, 0.29) is 36.0 Å². The van der Waals surface area contributed by atoms with Crippen LogP contribution in [0.25, 0.3) is 11.4 Å². The molecule has 34 heavy (non-hydrogen) atoms. The molecule has 0 aliphatic heterocycles. The monoisotopic (exact) mass is 471 g/mol. The van der Waals surface area contributed by atoms with Gasteiger partial charge in [-0.25, -0.2) is 0 Å². The molecule has 0 radical (unpaired) electrons. The van der Waals surface area contributed by atoms with Crippen LogP contribution in [0.3, 0.4) is 0 Å². The number of carbonyl (C=O) groups is 2. The van der Waals surface area contributed by atoms with Crippen molar-refractivity contribution in [1.29, 1.82) is 0 Å². The van der Waals surface area contributed by atoms with Crippen molar-refractivity contribution in [3.05, 3.63) is 78.3 Å². The van der Waals surface area contributed by atoms with Gasteiger partial charge in [0.2, 0.25) is 17.6 Å². The molecule has 1 aromatic carbocycles. The Balaban J connectivity index is 1.41. The number of furan rings is 1. The number of hydrogen-bond donors (Lipinski definition) is 2. The average Bonchev–Trinajstić information content (AvgIpc) is 3.51. The smallest absolute Gasteiger partial charge is 0.418 e. The normalized spacial score (nSPS) is 11.3. The minimum absolute atomic E-state index is 0.0255. The second-order valence-electron chi connectivity index (χ2n) is 6.99. The fraction of sp³-hybridized carbons (Fsp3) is 0.136. The summed E-state index contributed by atoms with van der Waals surface area (Å²) in [6, 6.07) is 9.31. The van der Waals surface area contributed by atoms with Gasteiger partial charge in [0.05, 0.1) is 17.5 Å². The van der Waals surface area contributed by atoms with Gasteiger partial charge in [-0.1, -0.05) is 5.16 Å². The molecule has 0 saturated carbocycles. The van der Waals surface area contributed by atoms with Crippen LogP contribution < -0.4 is 10.6 Å². The van der Waals surface area contributed by atoms with Crippen molar-refractivity contribution in [2.75, 3.05) is 10.6 Å². The van der Waals surface area contributed by atoms with E-state index in [0.29, 0.717) is 5.56 Å². The van der Waals surface area contributed by atoms with Crippen molar-refractivity contribution in [3.63, 3.8) is 0 Å². The Morgan fingerprint density at radius 2 is 1.91 bits per heavy atom. The average molecular weight is 471 g/mol. The summed E-state index contributed by atoms with van der Waals surface area (Å²) in [5, 5.41) is 8.37. The Labute approximate surface area is 190 Å². The zero-order valence-electron chi connectivity index (χ0n) is 17.3. The first-order valence-electron chi connectivity index (χ1n) is 9.88. The lowest BCUT2D eigenvalue weighted by atomic mass is 10.1. The third-order valence-electron chi connectivity index (χ3n) is 4.56. The molecule has 0 aliphatic rings. The lowest BCUT2D eigenvalue weighted by Crippen LogP contribution is -2.18. The molecule has 0 fully saturated rings. The van der Waals surface area contributed by atoms with E-state index in [1.165, 1.54) is 24.5 Å². The summed E-state index contributed by atoms with van der Waals surface area (Å²) < 4.78 is 50.8. The molecule has 3 aromatic heterocycles. The predicted octanol–water partition coefficient (Wildman–Crippen LogP) is 4.57. The summed E-state index contributed by atoms with van der Waals surface area (Å²) in [4.78, 5) is 32.4. The van der Waals surface area contributed by atoms with Gasteiger partial charge >= 0.3 is 6.18 Å². The molecule has 2 N–H and O–H groups in total. The molecule has 4 aromatic rings. The number of aromatic nitrogens is 3. The van der Waals surface area contributed by atoms with Crippen LogP contribution >= 0.6 is 0 Å². The maximum absolute atomic E-state index is 13.6. The van der Waals surface area contributed by atoms with Crippen LogP contribution in [0.15, 0.2) is 70.1 Å². The van der Waals surface area contributed by atoms with Gasteiger partial charge in [-0.2, -0.15) is 18.2 Å². The number of hydrogen-bond acceptors (Lipinski definition) is 7. The number of rotatable bonds is 7. The van der Waals surface area contributed by atoms with Crippen LogP contribution in [0.1, 0.15) is 28.4 Å². The summed E-state index contributed by atoms with van der Waals surface area (Å²) in [5.41, 5.74) is -1.05. The highest BCUT2D eigenvalue weighted by Gasteiger charge is 2.34. The zero-order chi connectivity index (χ0) is 24.1. The van der Waals surface area contributed by atoms with E-state index in [4.69, 9.17) is 8.94 Å². The molecule has 12 heteroatoms. The van der Waals surface area contributed by atoms with Crippen LogP contribution in [0.5, 0.6) is 0 Å². The topological polar surface area (TPSA) is 123 Å². The highest BCUT2D eigenvalue weighted by atomic mass is 19.4. The Hall–Kier alpha value is -4.48. The van der Waals surface area contributed by atoms with E-state index in [9.17, 15) is 22.8 Å². The van der Waals surface area contributed by atoms with Gasteiger partial charge < -0.3 is 19.6 Å². The number of alkyl halides is 3. The lowest BCUT2D eigenvalue weighted by molar-refractivity contribution is -0.136. The molecule has 0 unspecified atom stereocenters. The van der Waals surface area contributed by atoms with Crippen molar-refractivity contribution >= 4 is 23.2 Å². The summed E-state index contributed by atoms with van der Waals surface area (Å²) >= 11 is 0. The van der Waals surface area contributed by atoms with Gasteiger partial charge in [0.1, 0.15) is 0 Å². The van der Waals surface area contributed by atoms with Crippen LogP contribution in [0.2, 0.25) is 0 Å². The maximum Gasteiger partial charge on any atom is 0.418 e. The van der Waals surface area contributed by atoms with Crippen molar-refractivity contribution in [3.8, 4) is 11.4 Å². The predicted molar refractivity (Wildman–Crippen MR) is 113 cm³/mol. The third kappa shape index (κ3) is 5.46. The first-order chi connectivity index (χ1) is 16.3. The molecule has 0 spiro atoms. The molecule has 4 rings (SSSR count). The standard InChI is InChI=1S/C22H16F3N5O4/c23-22(24,25)15-11-14(27-21(32)17-4-2-10-33-17)5-6-16(15)28-18(31)7-8-19-29-20(30-34-19)13-3-1-9-26-12-13/h1-6,9-12H,7-8H2,(H,27,32)(H,28,31). The van der Waals surface area contributed by atoms with E-state index in [1.807, 2.05) is 0 Å². The number of pyridine rings is 1. The summed E-state index contributed by atoms with van der Waals surface area (Å²) in [5.74, 6) is -1.01. The molecule has 9 nitrogen and oxygen atoms in total. The first kappa shape index (κ1) is 22.7. The van der Waals surface area contributed by atoms with E-state index >= 15 is 0 Å². The number of halogens is 3. The second-order valence-corrected chi connectivity index (χ2v) is 6.99. The van der Waals surface area contributed by atoms with Crippen LogP contribution in [0, 0.1) is 0 Å². The highest BCUT2D eigenvalue weighted by Crippen LogP contribution is 2.36. The molecule has 0 bridgehead atoms. The van der Waals surface area contributed by atoms with E-state index < -0.39 is 29.2 Å². The summed E-state index contributed by atoms with van der Waals surface area (Å²) in [7, 11) is 0. The first-order valence-corrected chi connectivity index (χ1v) is 9.88. The van der Waals surface area contributed by atoms with Gasteiger partial charge in [0, 0.05) is 36.5 Å². The van der Waals surface area contributed by atoms with Crippen molar-refractivity contribution in [1.82, 2.24) is 15.1 Å². The number of anilines is 2. The largest absolute Gasteiger partial charge is 0.459 e. The number of benzene rings is 1. The van der Waals surface area contributed by atoms with Crippen molar-refractivity contribution in [2.24, 2.45) is 0 Å². The quantitative estimate of drug-likeness (QED) is 0.405. The number of amides is 2. The van der Waals surface area contributed by atoms with Crippen molar-refractivity contribution in [2.45, 2.75) is 19.0 Å². The lowest BCUT2D eigenvalue weighted by Gasteiger charge is -2.15. The molecule has 174 valence electrons. The fourth-order valence-corrected chi connectivity index (χ4v) is 2.97. The SMILES string of the molecule is O=C(CCc1nc(-c2cccnc2)no1)Nc1ccc(NC(=O)c2ccco2)cc1C(F)(F)F. The van der Waals surface area contributed by atoms with Crippen LogP contribution in [0.4, 0.5) is 24.5 Å². The van der Waals surface area contributed by atoms with Gasteiger partial charge in [0.15, 0.2) is 5.76 Å². The number of nitrogens with one attached hydrogen (secondary N) is 2. The molecule has 2 amide bonds. The Bertz CT molecular complexity index is 1290. The Kier molecular flexibility index (Phi) is 6.39. The maximum atomic E-state index is 13.6. The van der Waals surface area contributed by atoms with Gasteiger partial charge in [0.25, 0.3) is 5.91 Å². The second kappa shape index (κ2) is 9.57. The minimum Gasteiger partial charge on any atom is -0.459 e. The Morgan fingerprint density at radius 1 is 1.06 bits per heavy atom. The Morgan fingerprint density at radius 3 is 2.62 bits per heavy atom. The van der Waals surface area contributed by atoms with Crippen LogP contribution in [-0.2, 0) is 17.4 Å². The van der Waals surface area contributed by atoms with E-state index in [2.05, 4.69) is 25.8 Å². The van der Waals surface area contributed by atoms with E-state index in [0.717, 1.165) is 12.1 Å². The molecule has 0 atom stereocenters. The van der Waals surface area contributed by atoms with Gasteiger partial charge in [-0.15, -0.1) is 0 Å². The van der Waals surface area contributed by atoms with Crippen molar-refractivity contribution < 1.29 is 31.7 Å². The summed E-state index contributed by atoms with van der Waals surface area (Å²) in [6.07, 6.45) is -0.549. The molecular weight excluding hydrogens is 455 g/mol. The number of nitrogens with zero attached hydrogens (tertiary/aromatic N) is 3. The van der Waals surface area contributed by atoms with E-state index in [1.54, 1.807) is 24.5 Å². The molecule has 0 saturated heterocycles. The minimum atomic E-state index is -4.78.